The number of nitrogens with one attached hydrogen (secondary N) is 2. The number of hydrogen-bond donors (Lipinski definition) is 2. The van der Waals surface area contributed by atoms with E-state index in [1.807, 2.05) is 0 Å². The summed E-state index contributed by atoms with van der Waals surface area (Å²) in [6.45, 7) is 11.4. The molecule has 2 N–H and O–H groups in total. The molecule has 0 spiro atoms. The van der Waals surface area contributed by atoms with Gasteiger partial charge in [0.25, 0.3) is 0 Å². The molecule has 0 saturated heterocycles. The van der Waals surface area contributed by atoms with Gasteiger partial charge in [-0.15, -0.1) is 0 Å². The Morgan fingerprint density at radius 1 is 1.08 bits per heavy atom. The second-order valence-corrected chi connectivity index (χ2v) is 8.25. The molecule has 1 aliphatic rings. The molecule has 0 heterocycles. The molecular formula is C22H36N2S. The fourth-order valence-electron chi connectivity index (χ4n) is 4.19. The van der Waals surface area contributed by atoms with Crippen LogP contribution in [-0.2, 0) is 19.3 Å². The second kappa shape index (κ2) is 9.56. The smallest absolute Gasteiger partial charge is 0.171 e. The molecule has 0 bridgehead atoms. The molecule has 1 aromatic carbocycles. The van der Waals surface area contributed by atoms with Gasteiger partial charge in [0.15, 0.2) is 5.11 Å². The number of benzene rings is 1. The summed E-state index contributed by atoms with van der Waals surface area (Å²) in [5, 5.41) is 7.94. The maximum absolute atomic E-state index is 5.68. The van der Waals surface area contributed by atoms with Crippen LogP contribution in [0.25, 0.3) is 0 Å². The topological polar surface area (TPSA) is 24.1 Å². The van der Waals surface area contributed by atoms with E-state index in [0.717, 1.165) is 30.3 Å². The largest absolute Gasteiger partial charge is 0.359 e. The molecule has 0 aliphatic heterocycles. The fraction of sp³-hybridized carbons (Fsp3) is 0.682. The minimum absolute atomic E-state index is 0.505. The highest BCUT2D eigenvalue weighted by Gasteiger charge is 2.25. The summed E-state index contributed by atoms with van der Waals surface area (Å²) in [5.74, 6) is 1.53. The first-order chi connectivity index (χ1) is 12.0. The summed E-state index contributed by atoms with van der Waals surface area (Å²) >= 11 is 5.68. The van der Waals surface area contributed by atoms with E-state index in [1.165, 1.54) is 48.1 Å². The summed E-state index contributed by atoms with van der Waals surface area (Å²) < 4.78 is 0. The molecule has 0 aromatic heterocycles. The summed E-state index contributed by atoms with van der Waals surface area (Å²) in [7, 11) is 0. The Morgan fingerprint density at radius 3 is 2.24 bits per heavy atom. The average Bonchev–Trinajstić information content (AvgIpc) is 2.58. The lowest BCUT2D eigenvalue weighted by molar-refractivity contribution is 0.248. The molecule has 2 nitrogen and oxygen atoms in total. The van der Waals surface area contributed by atoms with Crippen LogP contribution in [0.15, 0.2) is 12.1 Å². The third kappa shape index (κ3) is 5.44. The van der Waals surface area contributed by atoms with Crippen molar-refractivity contribution in [1.82, 2.24) is 5.32 Å². The molecule has 0 radical (unpaired) electrons. The Labute approximate surface area is 160 Å². The lowest BCUT2D eigenvalue weighted by atomic mass is 9.80. The molecule has 1 aliphatic carbocycles. The Bertz CT molecular complexity index is 556. The minimum Gasteiger partial charge on any atom is -0.359 e. The second-order valence-electron chi connectivity index (χ2n) is 7.85. The third-order valence-corrected chi connectivity index (χ3v) is 5.87. The van der Waals surface area contributed by atoms with Crippen molar-refractivity contribution in [3.05, 3.63) is 28.8 Å². The van der Waals surface area contributed by atoms with E-state index >= 15 is 0 Å². The first-order valence-electron chi connectivity index (χ1n) is 10.2. The molecule has 0 amide bonds. The molecule has 140 valence electrons. The highest BCUT2D eigenvalue weighted by molar-refractivity contribution is 7.80. The Kier molecular flexibility index (Phi) is 7.74. The van der Waals surface area contributed by atoms with Crippen molar-refractivity contribution in [2.24, 2.45) is 11.8 Å². The van der Waals surface area contributed by atoms with E-state index in [0.29, 0.717) is 12.0 Å². The van der Waals surface area contributed by atoms with Crippen molar-refractivity contribution in [3.8, 4) is 0 Å². The zero-order valence-corrected chi connectivity index (χ0v) is 17.6. The Balaban J connectivity index is 2.11. The standard InChI is InChI=1S/C22H36N2S/c1-6-9-17-13-18(7-2)21(19(8-3)14-17)24-22(25)23-20-11-10-15(4)12-16(20)5/h13-16,20H,6-12H2,1-5H3,(H2,23,24,25). The van der Waals surface area contributed by atoms with E-state index in [2.05, 4.69) is 57.4 Å². The van der Waals surface area contributed by atoms with Gasteiger partial charge in [0.05, 0.1) is 0 Å². The van der Waals surface area contributed by atoms with Gasteiger partial charge >= 0.3 is 0 Å². The van der Waals surface area contributed by atoms with Crippen LogP contribution in [0.1, 0.15) is 77.0 Å². The highest BCUT2D eigenvalue weighted by atomic mass is 32.1. The van der Waals surface area contributed by atoms with Crippen LogP contribution in [0.3, 0.4) is 0 Å². The Morgan fingerprint density at radius 2 is 1.72 bits per heavy atom. The van der Waals surface area contributed by atoms with E-state index in [1.54, 1.807) is 0 Å². The van der Waals surface area contributed by atoms with Gasteiger partial charge in [0.1, 0.15) is 0 Å². The highest BCUT2D eigenvalue weighted by Crippen LogP contribution is 2.29. The molecule has 3 heteroatoms. The number of rotatable bonds is 6. The predicted molar refractivity (Wildman–Crippen MR) is 115 cm³/mol. The van der Waals surface area contributed by atoms with Crippen LogP contribution in [0.4, 0.5) is 5.69 Å². The van der Waals surface area contributed by atoms with Gasteiger partial charge in [0.2, 0.25) is 0 Å². The van der Waals surface area contributed by atoms with Crippen LogP contribution in [-0.4, -0.2) is 11.2 Å². The zero-order chi connectivity index (χ0) is 18.4. The first-order valence-corrected chi connectivity index (χ1v) is 10.6. The summed E-state index contributed by atoms with van der Waals surface area (Å²) in [5.41, 5.74) is 5.46. The van der Waals surface area contributed by atoms with Gasteiger partial charge < -0.3 is 10.6 Å². The van der Waals surface area contributed by atoms with Gasteiger partial charge in [-0.25, -0.2) is 0 Å². The Hall–Kier alpha value is -1.09. The monoisotopic (exact) mass is 360 g/mol. The van der Waals surface area contributed by atoms with Crippen molar-refractivity contribution < 1.29 is 0 Å². The minimum atomic E-state index is 0.505. The molecule has 2 rings (SSSR count). The van der Waals surface area contributed by atoms with Gasteiger partial charge in [-0.3, -0.25) is 0 Å². The van der Waals surface area contributed by atoms with Gasteiger partial charge in [0, 0.05) is 11.7 Å². The molecule has 1 saturated carbocycles. The lowest BCUT2D eigenvalue weighted by Gasteiger charge is -2.34. The van der Waals surface area contributed by atoms with Crippen molar-refractivity contribution in [2.45, 2.75) is 85.6 Å². The third-order valence-electron chi connectivity index (χ3n) is 5.65. The number of anilines is 1. The van der Waals surface area contributed by atoms with Crippen LogP contribution in [0, 0.1) is 11.8 Å². The summed E-state index contributed by atoms with van der Waals surface area (Å²) in [6, 6.07) is 5.22. The number of aryl methyl sites for hydroxylation is 3. The maximum Gasteiger partial charge on any atom is 0.171 e. The molecule has 1 fully saturated rings. The van der Waals surface area contributed by atoms with Crippen molar-refractivity contribution in [1.29, 1.82) is 0 Å². The first kappa shape index (κ1) is 20.2. The van der Waals surface area contributed by atoms with E-state index < -0.39 is 0 Å². The van der Waals surface area contributed by atoms with Crippen molar-refractivity contribution in [3.63, 3.8) is 0 Å². The number of hydrogen-bond acceptors (Lipinski definition) is 1. The lowest BCUT2D eigenvalue weighted by Crippen LogP contribution is -2.44. The molecular weight excluding hydrogens is 324 g/mol. The maximum atomic E-state index is 5.68. The van der Waals surface area contributed by atoms with Crippen LogP contribution < -0.4 is 10.6 Å². The predicted octanol–water partition coefficient (Wildman–Crippen LogP) is 5.88. The van der Waals surface area contributed by atoms with E-state index in [4.69, 9.17) is 12.2 Å². The molecule has 25 heavy (non-hydrogen) atoms. The zero-order valence-electron chi connectivity index (χ0n) is 16.7. The van der Waals surface area contributed by atoms with E-state index in [-0.39, 0.29) is 0 Å². The summed E-state index contributed by atoms with van der Waals surface area (Å²) in [6.07, 6.45) is 8.24. The SMILES string of the molecule is CCCc1cc(CC)c(NC(=S)NC2CCC(C)CC2C)c(CC)c1. The molecule has 3 atom stereocenters. The fourth-order valence-corrected chi connectivity index (χ4v) is 4.44. The van der Waals surface area contributed by atoms with Gasteiger partial charge in [-0.05, 0) is 79.3 Å². The van der Waals surface area contributed by atoms with Crippen LogP contribution in [0.5, 0.6) is 0 Å². The van der Waals surface area contributed by atoms with Crippen LogP contribution in [0.2, 0.25) is 0 Å². The summed E-state index contributed by atoms with van der Waals surface area (Å²) in [4.78, 5) is 0. The van der Waals surface area contributed by atoms with Gasteiger partial charge in [-0.2, -0.15) is 0 Å². The van der Waals surface area contributed by atoms with E-state index in [9.17, 15) is 0 Å². The van der Waals surface area contributed by atoms with Crippen molar-refractivity contribution in [2.75, 3.05) is 5.32 Å². The normalized spacial score (nSPS) is 23.3. The van der Waals surface area contributed by atoms with Crippen molar-refractivity contribution >= 4 is 23.0 Å². The van der Waals surface area contributed by atoms with Gasteiger partial charge in [-0.1, -0.05) is 53.2 Å². The molecule has 3 unspecified atom stereocenters. The average molecular weight is 361 g/mol. The molecule has 1 aromatic rings. The quantitative estimate of drug-likeness (QED) is 0.620. The number of thiocarbonyl (C=S) groups is 1. The van der Waals surface area contributed by atoms with Crippen LogP contribution >= 0.6 is 12.2 Å².